The van der Waals surface area contributed by atoms with Gasteiger partial charge in [-0.3, -0.25) is 24.0 Å². The van der Waals surface area contributed by atoms with Gasteiger partial charge in [0.15, 0.2) is 6.10 Å². The van der Waals surface area contributed by atoms with Gasteiger partial charge >= 0.3 is 0 Å². The van der Waals surface area contributed by atoms with Gasteiger partial charge in [0.25, 0.3) is 29.5 Å². The van der Waals surface area contributed by atoms with E-state index in [4.69, 9.17) is 4.74 Å². The largest absolute Gasteiger partial charge is 0.363 e. The number of carbonyl (C=O) groups excluding carboxylic acids is 5. The van der Waals surface area contributed by atoms with Gasteiger partial charge in [0.05, 0.1) is 29.4 Å². The number of H-pyrrole nitrogens is 4. The molecule has 0 bridgehead atoms. The van der Waals surface area contributed by atoms with E-state index in [1.165, 1.54) is 33.2 Å². The first-order valence-electron chi connectivity index (χ1n) is 15.2. The van der Waals surface area contributed by atoms with Crippen LogP contribution in [0.1, 0.15) is 48.4 Å². The van der Waals surface area contributed by atoms with Crippen molar-refractivity contribution >= 4 is 52.3 Å². The monoisotopic (exact) mass is 660 g/mol. The molecule has 5 heterocycles. The lowest BCUT2D eigenvalue weighted by atomic mass is 10.3. The number of nitrogens with one attached hydrogen (secondary N) is 5. The van der Waals surface area contributed by atoms with Crippen LogP contribution in [0.25, 0.3) is 0 Å². The lowest BCUT2D eigenvalue weighted by molar-refractivity contribution is -0.117. The molecule has 16 nitrogen and oxygen atoms in total. The summed E-state index contributed by atoms with van der Waals surface area (Å²) in [6, 6.07) is 6.26. The average Bonchev–Trinajstić information content (AvgIpc) is 3.52. The van der Waals surface area contributed by atoms with Crippen LogP contribution in [0.3, 0.4) is 0 Å². The lowest BCUT2D eigenvalue weighted by Gasteiger charge is -2.18. The summed E-state index contributed by atoms with van der Waals surface area (Å²) in [6.45, 7) is 1.85. The third kappa shape index (κ3) is 7.50. The lowest BCUT2D eigenvalue weighted by Crippen LogP contribution is -2.30. The Morgan fingerprint density at radius 1 is 0.646 bits per heavy atom. The highest BCUT2D eigenvalue weighted by molar-refractivity contribution is 6.10. The highest BCUT2D eigenvalue weighted by atomic mass is 16.6. The molecule has 0 spiro atoms. The van der Waals surface area contributed by atoms with Crippen molar-refractivity contribution in [3.05, 3.63) is 71.8 Å². The second-order valence-electron chi connectivity index (χ2n) is 11.9. The second kappa shape index (κ2) is 14.0. The zero-order chi connectivity index (χ0) is 34.7. The Morgan fingerprint density at radius 2 is 1.06 bits per heavy atom. The van der Waals surface area contributed by atoms with Crippen molar-refractivity contribution in [3.8, 4) is 0 Å². The van der Waals surface area contributed by atoms with Gasteiger partial charge in [-0.05, 0) is 51.3 Å². The number of hydrogen-bond acceptors (Lipinski definition) is 7. The van der Waals surface area contributed by atoms with E-state index in [0.717, 1.165) is 13.0 Å². The van der Waals surface area contributed by atoms with E-state index in [0.29, 0.717) is 41.6 Å². The number of aromatic amines is 4. The zero-order valence-electron chi connectivity index (χ0n) is 27.7. The molecular weight excluding hydrogens is 620 g/mol. The van der Waals surface area contributed by atoms with Crippen LogP contribution in [-0.4, -0.2) is 127 Å². The maximum Gasteiger partial charge on any atom is 0.274 e. The Hall–Kier alpha value is -5.61. The standard InChI is InChI=1S/C32H40N10O6/c1-38(2)8-7-9-39(3)29(44)24-11-20(15-34-24)41(5)31(46)26-13-22(17-36-26)42(6)32(47)25-12-21(16-35-25)40(4)30(45)23-10-19(14-33-23)37-28(43)27-18-48-27/h10-17,27,33-36H,7-9,18H2,1-6H3,(H,37,43). The molecule has 0 aromatic carbocycles. The Kier molecular flexibility index (Phi) is 9.86. The van der Waals surface area contributed by atoms with Crippen LogP contribution in [-0.2, 0) is 9.53 Å². The molecule has 48 heavy (non-hydrogen) atoms. The van der Waals surface area contributed by atoms with Crippen LogP contribution in [0.2, 0.25) is 0 Å². The highest BCUT2D eigenvalue weighted by Gasteiger charge is 2.31. The maximum absolute atomic E-state index is 13.3. The van der Waals surface area contributed by atoms with Gasteiger partial charge in [-0.1, -0.05) is 0 Å². The number of epoxide rings is 1. The molecule has 5 amide bonds. The van der Waals surface area contributed by atoms with Crippen LogP contribution in [0.5, 0.6) is 0 Å². The summed E-state index contributed by atoms with van der Waals surface area (Å²) in [6.07, 6.45) is 6.57. The molecule has 0 aliphatic carbocycles. The first kappa shape index (κ1) is 33.7. The van der Waals surface area contributed by atoms with Crippen LogP contribution in [0.4, 0.5) is 22.7 Å². The van der Waals surface area contributed by atoms with E-state index in [9.17, 15) is 24.0 Å². The summed E-state index contributed by atoms with van der Waals surface area (Å²) in [5.74, 6) is -1.59. The van der Waals surface area contributed by atoms with Crippen LogP contribution >= 0.6 is 0 Å². The Morgan fingerprint density at radius 3 is 1.50 bits per heavy atom. The van der Waals surface area contributed by atoms with Crippen molar-refractivity contribution < 1.29 is 28.7 Å². The molecule has 1 atom stereocenters. The third-order valence-corrected chi connectivity index (χ3v) is 8.02. The molecule has 4 aromatic heterocycles. The van der Waals surface area contributed by atoms with Crippen molar-refractivity contribution in [3.63, 3.8) is 0 Å². The Bertz CT molecular complexity index is 1810. The summed E-state index contributed by atoms with van der Waals surface area (Å²) >= 11 is 0. The SMILES string of the molecule is CN(C)CCCN(C)C(=O)c1cc(N(C)C(=O)c2cc(N(C)C(=O)c3cc(N(C)C(=O)c4cc(NC(=O)C5CO5)c[nH]4)c[nH]3)c[nH]2)c[nH]1. The Balaban J connectivity index is 1.18. The van der Waals surface area contributed by atoms with Gasteiger partial charge in [-0.2, -0.15) is 0 Å². The fourth-order valence-corrected chi connectivity index (χ4v) is 4.94. The summed E-state index contributed by atoms with van der Waals surface area (Å²) in [5.41, 5.74) is 2.92. The molecule has 1 aliphatic rings. The normalized spacial score (nSPS) is 13.7. The number of ether oxygens (including phenoxy) is 1. The number of rotatable bonds is 13. The second-order valence-corrected chi connectivity index (χ2v) is 11.9. The third-order valence-electron chi connectivity index (χ3n) is 8.02. The van der Waals surface area contributed by atoms with Crippen LogP contribution in [0.15, 0.2) is 49.1 Å². The molecule has 1 unspecified atom stereocenters. The number of hydrogen-bond donors (Lipinski definition) is 5. The van der Waals surface area contributed by atoms with Crippen molar-refractivity contribution in [2.45, 2.75) is 12.5 Å². The molecule has 0 radical (unpaired) electrons. The van der Waals surface area contributed by atoms with Crippen molar-refractivity contribution in [2.75, 3.05) is 82.0 Å². The van der Waals surface area contributed by atoms with E-state index in [1.807, 2.05) is 14.1 Å². The molecule has 5 N–H and O–H groups in total. The maximum atomic E-state index is 13.3. The van der Waals surface area contributed by atoms with Crippen molar-refractivity contribution in [2.24, 2.45) is 0 Å². The predicted octanol–water partition coefficient (Wildman–Crippen LogP) is 2.19. The minimum Gasteiger partial charge on any atom is -0.363 e. The van der Waals surface area contributed by atoms with Gasteiger partial charge in [-0.25, -0.2) is 0 Å². The molecular formula is C32H40N10O6. The minimum atomic E-state index is -0.456. The smallest absolute Gasteiger partial charge is 0.274 e. The van der Waals surface area contributed by atoms with Gasteiger partial charge in [0.2, 0.25) is 0 Å². The van der Waals surface area contributed by atoms with Gasteiger partial charge in [0, 0.05) is 59.5 Å². The van der Waals surface area contributed by atoms with Crippen molar-refractivity contribution in [1.29, 1.82) is 0 Å². The molecule has 0 saturated carbocycles. The molecule has 5 rings (SSSR count). The summed E-state index contributed by atoms with van der Waals surface area (Å²) < 4.78 is 4.96. The Labute approximate surface area is 277 Å². The molecule has 4 aromatic rings. The van der Waals surface area contributed by atoms with Gasteiger partial charge in [0.1, 0.15) is 22.8 Å². The quantitative estimate of drug-likeness (QED) is 0.136. The summed E-state index contributed by atoms with van der Waals surface area (Å²) in [4.78, 5) is 83.9. The fourth-order valence-electron chi connectivity index (χ4n) is 4.94. The van der Waals surface area contributed by atoms with Gasteiger partial charge < -0.3 is 54.5 Å². The zero-order valence-corrected chi connectivity index (χ0v) is 27.7. The predicted molar refractivity (Wildman–Crippen MR) is 180 cm³/mol. The minimum absolute atomic E-state index is 0.172. The van der Waals surface area contributed by atoms with Gasteiger partial charge in [-0.15, -0.1) is 0 Å². The fraction of sp³-hybridized carbons (Fsp3) is 0.344. The van der Waals surface area contributed by atoms with E-state index in [1.54, 1.807) is 63.7 Å². The number of carbonyl (C=O) groups is 5. The van der Waals surface area contributed by atoms with Crippen molar-refractivity contribution in [1.82, 2.24) is 29.7 Å². The number of anilines is 4. The van der Waals surface area contributed by atoms with Crippen LogP contribution in [0, 0.1) is 0 Å². The van der Waals surface area contributed by atoms with E-state index in [2.05, 4.69) is 30.2 Å². The molecule has 254 valence electrons. The number of aromatic nitrogens is 4. The highest BCUT2D eigenvalue weighted by Crippen LogP contribution is 2.24. The molecule has 1 aliphatic heterocycles. The first-order valence-corrected chi connectivity index (χ1v) is 15.2. The number of nitrogens with zero attached hydrogens (tertiary/aromatic N) is 5. The topological polar surface area (TPSA) is 189 Å². The van der Waals surface area contributed by atoms with Crippen LogP contribution < -0.4 is 20.0 Å². The average molecular weight is 661 g/mol. The van der Waals surface area contributed by atoms with E-state index >= 15 is 0 Å². The summed E-state index contributed by atoms with van der Waals surface area (Å²) in [5, 5.41) is 2.68. The van der Waals surface area contributed by atoms with E-state index in [-0.39, 0.29) is 40.7 Å². The van der Waals surface area contributed by atoms with E-state index < -0.39 is 12.0 Å². The molecule has 1 saturated heterocycles. The molecule has 1 fully saturated rings. The summed E-state index contributed by atoms with van der Waals surface area (Å²) in [7, 11) is 10.4. The first-order chi connectivity index (χ1) is 22.8. The number of amides is 5. The molecule has 16 heteroatoms.